The lowest BCUT2D eigenvalue weighted by Gasteiger charge is -2.20. The Hall–Kier alpha value is -2.57. The van der Waals surface area contributed by atoms with Crippen LogP contribution in [0.25, 0.3) is 0 Å². The highest BCUT2D eigenvalue weighted by atomic mass is 35.5. The summed E-state index contributed by atoms with van der Waals surface area (Å²) >= 11 is 0. The summed E-state index contributed by atoms with van der Waals surface area (Å²) < 4.78 is 5.13. The number of nitrogens with two attached hydrogens (primary N) is 1. The Balaban J connectivity index is 0.00000338. The highest BCUT2D eigenvalue weighted by Crippen LogP contribution is 2.16. The van der Waals surface area contributed by atoms with Crippen LogP contribution < -0.4 is 15.8 Å². The van der Waals surface area contributed by atoms with Gasteiger partial charge in [-0.3, -0.25) is 9.59 Å². The number of ether oxygens (including phenoxy) is 1. The second-order valence-electron chi connectivity index (χ2n) is 5.50. The minimum atomic E-state index is -0.262. The maximum absolute atomic E-state index is 12.6. The largest absolute Gasteiger partial charge is 0.497 e. The Morgan fingerprint density at radius 2 is 1.85 bits per heavy atom. The van der Waals surface area contributed by atoms with Crippen LogP contribution in [0.4, 0.5) is 5.69 Å². The number of nitrogens with one attached hydrogen (secondary N) is 1. The van der Waals surface area contributed by atoms with E-state index in [1.807, 2.05) is 19.1 Å². The second-order valence-corrected chi connectivity index (χ2v) is 5.50. The van der Waals surface area contributed by atoms with Gasteiger partial charge in [0, 0.05) is 30.4 Å². The number of anilines is 1. The molecule has 2 amide bonds. The summed E-state index contributed by atoms with van der Waals surface area (Å²) in [5.74, 6) is 0.204. The van der Waals surface area contributed by atoms with Crippen molar-refractivity contribution in [2.45, 2.75) is 13.5 Å². The first kappa shape index (κ1) is 21.5. The predicted molar refractivity (Wildman–Crippen MR) is 105 cm³/mol. The summed E-state index contributed by atoms with van der Waals surface area (Å²) in [6, 6.07) is 14.2. The molecule has 2 aromatic rings. The average Bonchev–Trinajstić information content (AvgIpc) is 2.65. The lowest BCUT2D eigenvalue weighted by molar-refractivity contribution is -0.116. The van der Waals surface area contributed by atoms with E-state index in [1.54, 1.807) is 43.5 Å². The summed E-state index contributed by atoms with van der Waals surface area (Å²) in [7, 11) is 1.56. The molecule has 0 fully saturated rings. The van der Waals surface area contributed by atoms with Crippen LogP contribution in [-0.4, -0.2) is 36.9 Å². The molecule has 2 aromatic carbocycles. The molecule has 0 aromatic heterocycles. The van der Waals surface area contributed by atoms with Crippen molar-refractivity contribution in [2.24, 2.45) is 5.73 Å². The fraction of sp³-hybridized carbons (Fsp3) is 0.263. The minimum absolute atomic E-state index is 0. The van der Waals surface area contributed by atoms with Gasteiger partial charge in [-0.05, 0) is 36.8 Å². The molecular formula is C19H24ClN3O3. The summed E-state index contributed by atoms with van der Waals surface area (Å²) in [6.07, 6.45) is 0. The normalized spacial score (nSPS) is 9.81. The van der Waals surface area contributed by atoms with E-state index in [0.717, 1.165) is 5.56 Å². The fourth-order valence-corrected chi connectivity index (χ4v) is 2.37. The zero-order chi connectivity index (χ0) is 18.2. The molecular weight excluding hydrogens is 354 g/mol. The predicted octanol–water partition coefficient (Wildman–Crippen LogP) is 2.68. The molecule has 0 heterocycles. The van der Waals surface area contributed by atoms with Gasteiger partial charge in [0.15, 0.2) is 0 Å². The molecule has 0 spiro atoms. The van der Waals surface area contributed by atoms with E-state index in [4.69, 9.17) is 10.5 Å². The third-order valence-corrected chi connectivity index (χ3v) is 3.79. The van der Waals surface area contributed by atoms with Crippen LogP contribution in [0.1, 0.15) is 22.8 Å². The van der Waals surface area contributed by atoms with E-state index in [-0.39, 0.29) is 30.8 Å². The number of carbonyl (C=O) groups excluding carboxylic acids is 2. The van der Waals surface area contributed by atoms with Gasteiger partial charge in [0.2, 0.25) is 5.91 Å². The standard InChI is InChI=1S/C19H23N3O3.ClH/c1-3-22(19(24)15-9-7-14(12-20)8-10-15)13-18(23)21-16-5-4-6-17(11-16)25-2;/h4-11H,3,12-13,20H2,1-2H3,(H,21,23);1H. The van der Waals surface area contributed by atoms with E-state index in [1.165, 1.54) is 4.90 Å². The van der Waals surface area contributed by atoms with Crippen molar-refractivity contribution >= 4 is 29.9 Å². The molecule has 0 aliphatic rings. The van der Waals surface area contributed by atoms with Crippen LogP contribution in [-0.2, 0) is 11.3 Å². The van der Waals surface area contributed by atoms with Gasteiger partial charge in [-0.1, -0.05) is 18.2 Å². The lowest BCUT2D eigenvalue weighted by atomic mass is 10.1. The molecule has 6 nitrogen and oxygen atoms in total. The molecule has 0 radical (unpaired) electrons. The highest BCUT2D eigenvalue weighted by Gasteiger charge is 2.17. The van der Waals surface area contributed by atoms with Crippen molar-refractivity contribution in [3.05, 3.63) is 59.7 Å². The molecule has 26 heavy (non-hydrogen) atoms. The number of hydrogen-bond donors (Lipinski definition) is 2. The second kappa shape index (κ2) is 10.4. The summed E-state index contributed by atoms with van der Waals surface area (Å²) in [4.78, 5) is 26.3. The Morgan fingerprint density at radius 1 is 1.15 bits per heavy atom. The van der Waals surface area contributed by atoms with Crippen LogP contribution in [0.15, 0.2) is 48.5 Å². The first-order chi connectivity index (χ1) is 12.1. The van der Waals surface area contributed by atoms with E-state index in [0.29, 0.717) is 30.1 Å². The van der Waals surface area contributed by atoms with Gasteiger partial charge < -0.3 is 20.7 Å². The van der Waals surface area contributed by atoms with Crippen LogP contribution >= 0.6 is 12.4 Å². The Bertz CT molecular complexity index is 735. The number of nitrogens with zero attached hydrogens (tertiary/aromatic N) is 1. The van der Waals surface area contributed by atoms with E-state index in [9.17, 15) is 9.59 Å². The third-order valence-electron chi connectivity index (χ3n) is 3.79. The van der Waals surface area contributed by atoms with Crippen LogP contribution in [0.3, 0.4) is 0 Å². The molecule has 0 aliphatic carbocycles. The molecule has 7 heteroatoms. The van der Waals surface area contributed by atoms with Gasteiger partial charge in [0.05, 0.1) is 7.11 Å². The molecule has 0 aliphatic heterocycles. The summed E-state index contributed by atoms with van der Waals surface area (Å²) in [6.45, 7) is 2.67. The molecule has 2 rings (SSSR count). The zero-order valence-electron chi connectivity index (χ0n) is 14.9. The third kappa shape index (κ3) is 5.75. The van der Waals surface area contributed by atoms with Gasteiger partial charge in [-0.15, -0.1) is 12.4 Å². The van der Waals surface area contributed by atoms with Crippen molar-refractivity contribution in [3.8, 4) is 5.75 Å². The highest BCUT2D eigenvalue weighted by molar-refractivity contribution is 5.99. The first-order valence-electron chi connectivity index (χ1n) is 8.09. The molecule has 140 valence electrons. The van der Waals surface area contributed by atoms with Crippen molar-refractivity contribution in [2.75, 3.05) is 25.5 Å². The van der Waals surface area contributed by atoms with E-state index in [2.05, 4.69) is 5.32 Å². The summed E-state index contributed by atoms with van der Waals surface area (Å²) in [5, 5.41) is 2.78. The van der Waals surface area contributed by atoms with Gasteiger partial charge in [-0.2, -0.15) is 0 Å². The van der Waals surface area contributed by atoms with Gasteiger partial charge in [-0.25, -0.2) is 0 Å². The van der Waals surface area contributed by atoms with Crippen molar-refractivity contribution in [1.29, 1.82) is 0 Å². The lowest BCUT2D eigenvalue weighted by Crippen LogP contribution is -2.37. The molecule has 0 atom stereocenters. The molecule has 0 saturated heterocycles. The number of likely N-dealkylation sites (N-methyl/N-ethyl adjacent to an activating group) is 1. The molecule has 3 N–H and O–H groups in total. The SMILES string of the molecule is CCN(CC(=O)Nc1cccc(OC)c1)C(=O)c1ccc(CN)cc1.Cl. The average molecular weight is 378 g/mol. The minimum Gasteiger partial charge on any atom is -0.497 e. The number of benzene rings is 2. The smallest absolute Gasteiger partial charge is 0.254 e. The monoisotopic (exact) mass is 377 g/mol. The number of amides is 2. The van der Waals surface area contributed by atoms with E-state index >= 15 is 0 Å². The van der Waals surface area contributed by atoms with Crippen molar-refractivity contribution < 1.29 is 14.3 Å². The van der Waals surface area contributed by atoms with Gasteiger partial charge >= 0.3 is 0 Å². The van der Waals surface area contributed by atoms with Crippen LogP contribution in [0, 0.1) is 0 Å². The Morgan fingerprint density at radius 3 is 2.42 bits per heavy atom. The molecule has 0 saturated carbocycles. The maximum Gasteiger partial charge on any atom is 0.254 e. The topological polar surface area (TPSA) is 84.7 Å². The zero-order valence-corrected chi connectivity index (χ0v) is 15.7. The number of rotatable bonds is 7. The van der Waals surface area contributed by atoms with Crippen LogP contribution in [0.2, 0.25) is 0 Å². The Labute approximate surface area is 159 Å². The van der Waals surface area contributed by atoms with Gasteiger partial charge in [0.25, 0.3) is 5.91 Å². The Kier molecular flexibility index (Phi) is 8.61. The van der Waals surface area contributed by atoms with Crippen molar-refractivity contribution in [1.82, 2.24) is 4.90 Å². The maximum atomic E-state index is 12.6. The van der Waals surface area contributed by atoms with E-state index < -0.39 is 0 Å². The first-order valence-corrected chi connectivity index (χ1v) is 8.09. The number of hydrogen-bond acceptors (Lipinski definition) is 4. The van der Waals surface area contributed by atoms with Crippen LogP contribution in [0.5, 0.6) is 5.75 Å². The number of halogens is 1. The molecule has 0 bridgehead atoms. The fourth-order valence-electron chi connectivity index (χ4n) is 2.37. The molecule has 0 unspecified atom stereocenters. The van der Waals surface area contributed by atoms with Gasteiger partial charge in [0.1, 0.15) is 12.3 Å². The van der Waals surface area contributed by atoms with Crippen molar-refractivity contribution in [3.63, 3.8) is 0 Å². The number of carbonyl (C=O) groups is 2. The quantitative estimate of drug-likeness (QED) is 0.776. The number of methoxy groups -OCH3 is 1. The summed E-state index contributed by atoms with van der Waals surface area (Å²) in [5.41, 5.74) is 7.68.